The van der Waals surface area contributed by atoms with Crippen LogP contribution in [0.5, 0.6) is 17.2 Å². The van der Waals surface area contributed by atoms with Crippen molar-refractivity contribution in [1.82, 2.24) is 0 Å². The fourth-order valence-corrected chi connectivity index (χ4v) is 2.56. The predicted octanol–water partition coefficient (Wildman–Crippen LogP) is 2.30. The summed E-state index contributed by atoms with van der Waals surface area (Å²) in [5.41, 5.74) is 0.733. The minimum atomic E-state index is 0.0601. The van der Waals surface area contributed by atoms with Gasteiger partial charge in [0.2, 0.25) is 11.7 Å². The van der Waals surface area contributed by atoms with Gasteiger partial charge in [0.1, 0.15) is 0 Å². The Balaban J connectivity index is 2.40. The number of methoxy groups -OCH3 is 3. The van der Waals surface area contributed by atoms with Crippen LogP contribution in [0.25, 0.3) is 0 Å². The van der Waals surface area contributed by atoms with Crippen molar-refractivity contribution in [3.05, 3.63) is 12.1 Å². The van der Waals surface area contributed by atoms with Gasteiger partial charge in [-0.1, -0.05) is 0 Å². The molecule has 20 heavy (non-hydrogen) atoms. The predicted molar refractivity (Wildman–Crippen MR) is 77.3 cm³/mol. The largest absolute Gasteiger partial charge is 0.493 e. The minimum absolute atomic E-state index is 0.0601. The summed E-state index contributed by atoms with van der Waals surface area (Å²) in [6.45, 7) is 0.612. The van der Waals surface area contributed by atoms with Gasteiger partial charge in [-0.2, -0.15) is 0 Å². The summed E-state index contributed by atoms with van der Waals surface area (Å²) in [6, 6.07) is 3.55. The highest BCUT2D eigenvalue weighted by Crippen LogP contribution is 2.42. The Labute approximate surface area is 123 Å². The zero-order chi connectivity index (χ0) is 14.7. The normalized spacial score (nSPS) is 18.3. The molecule has 110 valence electrons. The third kappa shape index (κ3) is 2.63. The van der Waals surface area contributed by atoms with Crippen LogP contribution >= 0.6 is 11.6 Å². The number of nitrogens with zero attached hydrogens (tertiary/aromatic N) is 1. The van der Waals surface area contributed by atoms with E-state index in [0.717, 1.165) is 5.69 Å². The molecule has 1 aromatic carbocycles. The van der Waals surface area contributed by atoms with E-state index in [1.807, 2.05) is 0 Å². The molecule has 1 heterocycles. The molecule has 0 radical (unpaired) electrons. The van der Waals surface area contributed by atoms with Gasteiger partial charge in [-0.25, -0.2) is 0 Å². The van der Waals surface area contributed by atoms with Crippen LogP contribution < -0.4 is 19.1 Å². The highest BCUT2D eigenvalue weighted by atomic mass is 35.5. The third-order valence-corrected chi connectivity index (χ3v) is 3.82. The Bertz CT molecular complexity index is 481. The van der Waals surface area contributed by atoms with E-state index in [-0.39, 0.29) is 11.8 Å². The molecule has 1 atom stereocenters. The average Bonchev–Trinajstić information content (AvgIpc) is 2.86. The van der Waals surface area contributed by atoms with Gasteiger partial charge in [0.05, 0.1) is 27.0 Å². The van der Waals surface area contributed by atoms with Gasteiger partial charge >= 0.3 is 0 Å². The number of hydrogen-bond acceptors (Lipinski definition) is 4. The lowest BCUT2D eigenvalue weighted by Crippen LogP contribution is -2.24. The van der Waals surface area contributed by atoms with Gasteiger partial charge < -0.3 is 19.1 Å². The maximum absolute atomic E-state index is 12.1. The number of hydrogen-bond donors (Lipinski definition) is 0. The lowest BCUT2D eigenvalue weighted by molar-refractivity contribution is -0.117. The van der Waals surface area contributed by atoms with Gasteiger partial charge in [0, 0.05) is 31.0 Å². The molecule has 6 heteroatoms. The van der Waals surface area contributed by atoms with E-state index < -0.39 is 0 Å². The summed E-state index contributed by atoms with van der Waals surface area (Å²) >= 11 is 5.84. The fourth-order valence-electron chi connectivity index (χ4n) is 2.36. The number of benzene rings is 1. The summed E-state index contributed by atoms with van der Waals surface area (Å²) in [4.78, 5) is 13.8. The molecular weight excluding hydrogens is 282 g/mol. The van der Waals surface area contributed by atoms with Crippen LogP contribution in [-0.2, 0) is 4.79 Å². The van der Waals surface area contributed by atoms with Crippen LogP contribution in [0.15, 0.2) is 12.1 Å². The van der Waals surface area contributed by atoms with Crippen LogP contribution in [-0.4, -0.2) is 39.7 Å². The Morgan fingerprint density at radius 3 is 2.20 bits per heavy atom. The van der Waals surface area contributed by atoms with Gasteiger partial charge in [-0.05, 0) is 5.92 Å². The maximum Gasteiger partial charge on any atom is 0.227 e. The molecule has 0 N–H and O–H groups in total. The molecule has 0 aliphatic carbocycles. The number of alkyl halides is 1. The number of carbonyl (C=O) groups excluding carboxylic acids is 1. The third-order valence-electron chi connectivity index (χ3n) is 3.38. The molecule has 1 unspecified atom stereocenters. The van der Waals surface area contributed by atoms with Crippen molar-refractivity contribution in [3.63, 3.8) is 0 Å². The molecule has 1 aliphatic rings. The van der Waals surface area contributed by atoms with E-state index in [2.05, 4.69) is 0 Å². The number of rotatable bonds is 5. The van der Waals surface area contributed by atoms with Crippen molar-refractivity contribution in [2.24, 2.45) is 5.92 Å². The second-order valence-corrected chi connectivity index (χ2v) is 4.92. The molecule has 1 aliphatic heterocycles. The highest BCUT2D eigenvalue weighted by Gasteiger charge is 2.31. The van der Waals surface area contributed by atoms with E-state index >= 15 is 0 Å². The van der Waals surface area contributed by atoms with Crippen LogP contribution in [0.2, 0.25) is 0 Å². The molecule has 1 aromatic rings. The Kier molecular flexibility index (Phi) is 4.60. The molecule has 0 spiro atoms. The highest BCUT2D eigenvalue weighted by molar-refractivity contribution is 6.18. The molecule has 1 saturated heterocycles. The zero-order valence-corrected chi connectivity index (χ0v) is 12.6. The first-order chi connectivity index (χ1) is 9.64. The van der Waals surface area contributed by atoms with E-state index in [1.54, 1.807) is 38.4 Å². The quantitative estimate of drug-likeness (QED) is 0.783. The summed E-state index contributed by atoms with van der Waals surface area (Å²) in [6.07, 6.45) is 0.472. The monoisotopic (exact) mass is 299 g/mol. The van der Waals surface area contributed by atoms with E-state index in [9.17, 15) is 4.79 Å². The minimum Gasteiger partial charge on any atom is -0.493 e. The zero-order valence-electron chi connectivity index (χ0n) is 11.8. The van der Waals surface area contributed by atoms with Crippen LogP contribution in [0, 0.1) is 5.92 Å². The van der Waals surface area contributed by atoms with Crippen LogP contribution in [0.1, 0.15) is 6.42 Å². The summed E-state index contributed by atoms with van der Waals surface area (Å²) in [5, 5.41) is 0. The Morgan fingerprint density at radius 1 is 1.20 bits per heavy atom. The van der Waals surface area contributed by atoms with Crippen molar-refractivity contribution in [2.75, 3.05) is 38.7 Å². The Morgan fingerprint density at radius 2 is 1.80 bits per heavy atom. The first-order valence-corrected chi connectivity index (χ1v) is 6.84. The van der Waals surface area contributed by atoms with Gasteiger partial charge in [0.25, 0.3) is 0 Å². The van der Waals surface area contributed by atoms with Gasteiger partial charge in [0.15, 0.2) is 11.5 Å². The Hall–Kier alpha value is -1.62. The molecule has 1 fully saturated rings. The molecule has 0 saturated carbocycles. The lowest BCUT2D eigenvalue weighted by Gasteiger charge is -2.20. The van der Waals surface area contributed by atoms with Crippen molar-refractivity contribution >= 4 is 23.2 Å². The van der Waals surface area contributed by atoms with Crippen molar-refractivity contribution in [1.29, 1.82) is 0 Å². The van der Waals surface area contributed by atoms with Gasteiger partial charge in [-0.3, -0.25) is 4.79 Å². The number of amides is 1. The van der Waals surface area contributed by atoms with E-state index in [4.69, 9.17) is 25.8 Å². The fraction of sp³-hybridized carbons (Fsp3) is 0.500. The smallest absolute Gasteiger partial charge is 0.227 e. The van der Waals surface area contributed by atoms with Gasteiger partial charge in [-0.15, -0.1) is 11.6 Å². The number of anilines is 1. The van der Waals surface area contributed by atoms with E-state index in [0.29, 0.717) is 36.1 Å². The summed E-state index contributed by atoms with van der Waals surface area (Å²) < 4.78 is 15.9. The number of halogens is 1. The van der Waals surface area contributed by atoms with Crippen LogP contribution in [0.3, 0.4) is 0 Å². The second kappa shape index (κ2) is 6.22. The molecular formula is C14H18ClNO4. The van der Waals surface area contributed by atoms with Crippen molar-refractivity contribution < 1.29 is 19.0 Å². The molecule has 5 nitrogen and oxygen atoms in total. The molecule has 1 amide bonds. The maximum atomic E-state index is 12.1. The summed E-state index contributed by atoms with van der Waals surface area (Å²) in [7, 11) is 4.65. The SMILES string of the molecule is COc1cc(N2CC(CCl)CC2=O)cc(OC)c1OC. The number of ether oxygens (including phenoxy) is 3. The summed E-state index contributed by atoms with van der Waals surface area (Å²) in [5.74, 6) is 2.30. The molecule has 0 aromatic heterocycles. The average molecular weight is 300 g/mol. The standard InChI is InChI=1S/C14H18ClNO4/c1-18-11-5-10(6-12(19-2)14(11)20-3)16-8-9(7-15)4-13(16)17/h5-6,9H,4,7-8H2,1-3H3. The first kappa shape index (κ1) is 14.8. The lowest BCUT2D eigenvalue weighted by atomic mass is 10.1. The van der Waals surface area contributed by atoms with Crippen molar-refractivity contribution in [3.8, 4) is 17.2 Å². The van der Waals surface area contributed by atoms with Crippen LogP contribution in [0.4, 0.5) is 5.69 Å². The first-order valence-electron chi connectivity index (χ1n) is 6.30. The van der Waals surface area contributed by atoms with E-state index in [1.165, 1.54) is 0 Å². The molecule has 2 rings (SSSR count). The second-order valence-electron chi connectivity index (χ2n) is 4.61. The number of carbonyl (C=O) groups is 1. The van der Waals surface area contributed by atoms with Crippen molar-refractivity contribution in [2.45, 2.75) is 6.42 Å². The topological polar surface area (TPSA) is 48.0 Å². The molecule has 0 bridgehead atoms.